The van der Waals surface area contributed by atoms with Crippen molar-refractivity contribution in [2.45, 2.75) is 6.42 Å². The third-order valence-corrected chi connectivity index (χ3v) is 2.39. The predicted octanol–water partition coefficient (Wildman–Crippen LogP) is 1.86. The van der Waals surface area contributed by atoms with Crippen LogP contribution in [0.2, 0.25) is 0 Å². The third kappa shape index (κ3) is 2.38. The number of fused-ring (bicyclic) bond motifs is 1. The number of benzene rings is 1. The maximum Gasteiger partial charge on any atom is 0.181 e. The van der Waals surface area contributed by atoms with Gasteiger partial charge in [0, 0.05) is 32.6 Å². The molecule has 0 aliphatic carbocycles. The van der Waals surface area contributed by atoms with Crippen LogP contribution in [0.5, 0.6) is 5.75 Å². The van der Waals surface area contributed by atoms with Crippen LogP contribution in [-0.2, 0) is 4.79 Å². The molecule has 2 aromatic rings. The van der Waals surface area contributed by atoms with Crippen molar-refractivity contribution in [2.75, 3.05) is 25.6 Å². The summed E-state index contributed by atoms with van der Waals surface area (Å²) in [7, 11) is 3.84. The maximum absolute atomic E-state index is 10.3. The molecule has 0 aliphatic rings. The molecule has 0 bridgehead atoms. The third-order valence-electron chi connectivity index (χ3n) is 2.39. The van der Waals surface area contributed by atoms with Gasteiger partial charge in [-0.1, -0.05) is 0 Å². The van der Waals surface area contributed by atoms with E-state index in [0.29, 0.717) is 18.8 Å². The van der Waals surface area contributed by atoms with Crippen molar-refractivity contribution in [2.24, 2.45) is 0 Å². The molecule has 1 heterocycles. The van der Waals surface area contributed by atoms with E-state index < -0.39 is 0 Å². The molecule has 0 saturated heterocycles. The van der Waals surface area contributed by atoms with Gasteiger partial charge in [-0.15, -0.1) is 0 Å². The molecule has 1 aromatic carbocycles. The lowest BCUT2D eigenvalue weighted by atomic mass is 10.2. The van der Waals surface area contributed by atoms with Gasteiger partial charge in [0.25, 0.3) is 0 Å². The molecule has 0 spiro atoms. The standard InChI is InChI=1S/C12H14N2O3/c1-14(2)10-7-11-9(13-8-17-11)6-12(10)16-5-3-4-15/h4,6-8H,3,5H2,1-2H3. The first-order valence-electron chi connectivity index (χ1n) is 5.33. The molecule has 0 fully saturated rings. The Kier molecular flexibility index (Phi) is 3.27. The van der Waals surface area contributed by atoms with Crippen LogP contribution in [0.1, 0.15) is 6.42 Å². The number of rotatable bonds is 5. The lowest BCUT2D eigenvalue weighted by Gasteiger charge is -2.17. The van der Waals surface area contributed by atoms with Crippen LogP contribution in [-0.4, -0.2) is 32.0 Å². The first-order valence-corrected chi connectivity index (χ1v) is 5.33. The van der Waals surface area contributed by atoms with E-state index in [-0.39, 0.29) is 0 Å². The second-order valence-corrected chi connectivity index (χ2v) is 3.84. The van der Waals surface area contributed by atoms with Crippen LogP contribution in [0.4, 0.5) is 5.69 Å². The molecule has 0 N–H and O–H groups in total. The van der Waals surface area contributed by atoms with Crippen LogP contribution >= 0.6 is 0 Å². The van der Waals surface area contributed by atoms with E-state index in [1.54, 1.807) is 0 Å². The van der Waals surface area contributed by atoms with Crippen LogP contribution in [0.25, 0.3) is 11.1 Å². The second kappa shape index (κ2) is 4.86. The number of carbonyl (C=O) groups excluding carboxylic acids is 1. The molecule has 5 heteroatoms. The molecule has 1 aromatic heterocycles. The minimum absolute atomic E-state index is 0.369. The fourth-order valence-corrected chi connectivity index (χ4v) is 1.56. The summed E-state index contributed by atoms with van der Waals surface area (Å²) in [4.78, 5) is 16.3. The number of nitrogens with zero attached hydrogens (tertiary/aromatic N) is 2. The van der Waals surface area contributed by atoms with Gasteiger partial charge in [0.2, 0.25) is 0 Å². The SMILES string of the molecule is CN(C)c1cc2ocnc2cc1OCCC=O. The lowest BCUT2D eigenvalue weighted by Crippen LogP contribution is -2.11. The molecule has 2 rings (SSSR count). The van der Waals surface area contributed by atoms with Crippen molar-refractivity contribution in [3.8, 4) is 5.75 Å². The van der Waals surface area contributed by atoms with Gasteiger partial charge in [0.1, 0.15) is 17.6 Å². The van der Waals surface area contributed by atoms with Gasteiger partial charge in [0.15, 0.2) is 12.0 Å². The van der Waals surface area contributed by atoms with Crippen LogP contribution in [0.3, 0.4) is 0 Å². The van der Waals surface area contributed by atoms with Crippen molar-refractivity contribution >= 4 is 23.1 Å². The molecule has 5 nitrogen and oxygen atoms in total. The Balaban J connectivity index is 2.35. The number of oxazole rings is 1. The molecule has 0 radical (unpaired) electrons. The monoisotopic (exact) mass is 234 g/mol. The van der Waals surface area contributed by atoms with Crippen molar-refractivity contribution in [1.82, 2.24) is 4.98 Å². The number of aromatic nitrogens is 1. The minimum Gasteiger partial charge on any atom is -0.491 e. The highest BCUT2D eigenvalue weighted by molar-refractivity contribution is 5.81. The summed E-state index contributed by atoms with van der Waals surface area (Å²) in [6, 6.07) is 3.69. The average molecular weight is 234 g/mol. The first-order chi connectivity index (χ1) is 8.22. The van der Waals surface area contributed by atoms with E-state index in [9.17, 15) is 4.79 Å². The molecule has 17 heavy (non-hydrogen) atoms. The van der Waals surface area contributed by atoms with Crippen LogP contribution < -0.4 is 9.64 Å². The Morgan fingerprint density at radius 1 is 1.47 bits per heavy atom. The van der Waals surface area contributed by atoms with Gasteiger partial charge in [0.05, 0.1) is 12.3 Å². The van der Waals surface area contributed by atoms with Gasteiger partial charge < -0.3 is 18.8 Å². The fraction of sp³-hybridized carbons (Fsp3) is 0.333. The summed E-state index contributed by atoms with van der Waals surface area (Å²) < 4.78 is 10.8. The molecule has 0 amide bonds. The molecule has 0 atom stereocenters. The maximum atomic E-state index is 10.3. The number of hydrogen-bond donors (Lipinski definition) is 0. The molecular formula is C12H14N2O3. The summed E-state index contributed by atoms with van der Waals surface area (Å²) in [5, 5.41) is 0. The quantitative estimate of drug-likeness (QED) is 0.584. The van der Waals surface area contributed by atoms with Crippen molar-refractivity contribution in [3.05, 3.63) is 18.5 Å². The minimum atomic E-state index is 0.369. The molecule has 0 aliphatic heterocycles. The summed E-state index contributed by atoms with van der Waals surface area (Å²) in [5.41, 5.74) is 2.37. The van der Waals surface area contributed by atoms with E-state index >= 15 is 0 Å². The van der Waals surface area contributed by atoms with E-state index in [1.807, 2.05) is 31.1 Å². The van der Waals surface area contributed by atoms with Crippen molar-refractivity contribution < 1.29 is 13.9 Å². The van der Waals surface area contributed by atoms with Crippen LogP contribution in [0.15, 0.2) is 22.9 Å². The number of aldehydes is 1. The zero-order valence-electron chi connectivity index (χ0n) is 9.84. The number of anilines is 1. The van der Waals surface area contributed by atoms with Gasteiger partial charge in [-0.2, -0.15) is 0 Å². The van der Waals surface area contributed by atoms with E-state index in [0.717, 1.165) is 23.1 Å². The summed E-state index contributed by atoms with van der Waals surface area (Å²) in [6.45, 7) is 0.369. The molecule has 0 saturated carbocycles. The Morgan fingerprint density at radius 2 is 2.29 bits per heavy atom. The topological polar surface area (TPSA) is 55.6 Å². The van der Waals surface area contributed by atoms with Gasteiger partial charge in [-0.05, 0) is 0 Å². The number of carbonyl (C=O) groups is 1. The van der Waals surface area contributed by atoms with E-state index in [4.69, 9.17) is 9.15 Å². The Morgan fingerprint density at radius 3 is 3.00 bits per heavy atom. The van der Waals surface area contributed by atoms with E-state index in [2.05, 4.69) is 4.98 Å². The average Bonchev–Trinajstić information content (AvgIpc) is 2.75. The van der Waals surface area contributed by atoms with Crippen LogP contribution in [0, 0.1) is 0 Å². The van der Waals surface area contributed by atoms with E-state index in [1.165, 1.54) is 6.39 Å². The molecule has 0 unspecified atom stereocenters. The number of ether oxygens (including phenoxy) is 1. The fourth-order valence-electron chi connectivity index (χ4n) is 1.56. The Labute approximate surface area is 99.0 Å². The lowest BCUT2D eigenvalue weighted by molar-refractivity contribution is -0.108. The summed E-state index contributed by atoms with van der Waals surface area (Å²) in [6.07, 6.45) is 2.62. The highest BCUT2D eigenvalue weighted by atomic mass is 16.5. The number of hydrogen-bond acceptors (Lipinski definition) is 5. The predicted molar refractivity (Wildman–Crippen MR) is 64.5 cm³/mol. The Hall–Kier alpha value is -2.04. The zero-order valence-corrected chi connectivity index (χ0v) is 9.84. The Bertz CT molecular complexity index is 519. The van der Waals surface area contributed by atoms with Gasteiger partial charge in [-0.3, -0.25) is 0 Å². The molecule has 90 valence electrons. The first kappa shape index (κ1) is 11.4. The molecular weight excluding hydrogens is 220 g/mol. The van der Waals surface area contributed by atoms with Crippen molar-refractivity contribution in [3.63, 3.8) is 0 Å². The normalized spacial score (nSPS) is 10.5. The zero-order chi connectivity index (χ0) is 12.3. The van der Waals surface area contributed by atoms with Gasteiger partial charge in [-0.25, -0.2) is 4.98 Å². The summed E-state index contributed by atoms with van der Waals surface area (Å²) >= 11 is 0. The summed E-state index contributed by atoms with van der Waals surface area (Å²) in [5.74, 6) is 0.707. The highest BCUT2D eigenvalue weighted by Gasteiger charge is 2.10. The highest BCUT2D eigenvalue weighted by Crippen LogP contribution is 2.31. The smallest absolute Gasteiger partial charge is 0.181 e. The second-order valence-electron chi connectivity index (χ2n) is 3.84. The largest absolute Gasteiger partial charge is 0.491 e. The van der Waals surface area contributed by atoms with Gasteiger partial charge >= 0.3 is 0 Å². The van der Waals surface area contributed by atoms with Crippen molar-refractivity contribution in [1.29, 1.82) is 0 Å².